The van der Waals surface area contributed by atoms with Gasteiger partial charge in [0.25, 0.3) is 0 Å². The Morgan fingerprint density at radius 2 is 2.36 bits per heavy atom. The Morgan fingerprint density at radius 1 is 1.57 bits per heavy atom. The second kappa shape index (κ2) is 3.21. The molecule has 0 bridgehead atoms. The van der Waals surface area contributed by atoms with Gasteiger partial charge < -0.3 is 16.2 Å². The number of hydrogen-bond donors (Lipinski definition) is 3. The van der Waals surface area contributed by atoms with Crippen molar-refractivity contribution in [2.24, 2.45) is 0 Å². The van der Waals surface area contributed by atoms with Gasteiger partial charge in [0.1, 0.15) is 6.04 Å². The standard InChI is InChI=1S/C10H12N2O2/c11-7-2-1-3-8-6(7)4-5-9(12-8)10(13)14/h1-3,9,12H,4-5,11H2,(H,13,14). The number of nitrogens with one attached hydrogen (secondary N) is 1. The number of nitrogens with two attached hydrogens (primary N) is 1. The van der Waals surface area contributed by atoms with Crippen LogP contribution in [0, 0.1) is 0 Å². The van der Waals surface area contributed by atoms with E-state index in [-0.39, 0.29) is 0 Å². The lowest BCUT2D eigenvalue weighted by molar-refractivity contribution is -0.138. The summed E-state index contributed by atoms with van der Waals surface area (Å²) < 4.78 is 0. The first-order valence-corrected chi connectivity index (χ1v) is 4.55. The molecular formula is C10H12N2O2. The molecule has 0 radical (unpaired) electrons. The van der Waals surface area contributed by atoms with E-state index in [1.54, 1.807) is 0 Å². The lowest BCUT2D eigenvalue weighted by Gasteiger charge is -2.24. The first-order valence-electron chi connectivity index (χ1n) is 4.55. The largest absolute Gasteiger partial charge is 0.480 e. The van der Waals surface area contributed by atoms with Gasteiger partial charge in [0.15, 0.2) is 0 Å². The van der Waals surface area contributed by atoms with E-state index in [1.807, 2.05) is 18.2 Å². The Hall–Kier alpha value is -1.71. The monoisotopic (exact) mass is 192 g/mol. The highest BCUT2D eigenvalue weighted by Crippen LogP contribution is 2.29. The van der Waals surface area contributed by atoms with Gasteiger partial charge in [-0.05, 0) is 30.5 Å². The SMILES string of the molecule is Nc1cccc2c1CCC(C(=O)O)N2. The number of carbonyl (C=O) groups is 1. The summed E-state index contributed by atoms with van der Waals surface area (Å²) in [5.41, 5.74) is 8.39. The van der Waals surface area contributed by atoms with Crippen molar-refractivity contribution >= 4 is 17.3 Å². The zero-order chi connectivity index (χ0) is 10.1. The summed E-state index contributed by atoms with van der Waals surface area (Å²) in [7, 11) is 0. The highest BCUT2D eigenvalue weighted by Gasteiger charge is 2.23. The second-order valence-corrected chi connectivity index (χ2v) is 3.45. The summed E-state index contributed by atoms with van der Waals surface area (Å²) in [4.78, 5) is 10.8. The van der Waals surface area contributed by atoms with Gasteiger partial charge in [-0.2, -0.15) is 0 Å². The third kappa shape index (κ3) is 1.39. The smallest absolute Gasteiger partial charge is 0.326 e. The van der Waals surface area contributed by atoms with Crippen LogP contribution in [0.4, 0.5) is 11.4 Å². The molecule has 1 aliphatic heterocycles. The minimum atomic E-state index is -0.807. The van der Waals surface area contributed by atoms with Crippen molar-refractivity contribution in [1.29, 1.82) is 0 Å². The molecule has 2 rings (SSSR count). The summed E-state index contributed by atoms with van der Waals surface area (Å²) in [6.07, 6.45) is 1.32. The summed E-state index contributed by atoms with van der Waals surface area (Å²) in [6.45, 7) is 0. The second-order valence-electron chi connectivity index (χ2n) is 3.45. The van der Waals surface area contributed by atoms with Crippen LogP contribution >= 0.6 is 0 Å². The van der Waals surface area contributed by atoms with Gasteiger partial charge in [0.2, 0.25) is 0 Å². The van der Waals surface area contributed by atoms with Crippen LogP contribution in [0.15, 0.2) is 18.2 Å². The van der Waals surface area contributed by atoms with Crippen molar-refractivity contribution in [2.75, 3.05) is 11.1 Å². The summed E-state index contributed by atoms with van der Waals surface area (Å²) in [5.74, 6) is -0.807. The normalized spacial score (nSPS) is 19.6. The molecule has 1 aliphatic rings. The number of aliphatic carboxylic acids is 1. The van der Waals surface area contributed by atoms with Gasteiger partial charge in [-0.15, -0.1) is 0 Å². The quantitative estimate of drug-likeness (QED) is 0.582. The maximum Gasteiger partial charge on any atom is 0.326 e. The number of carboxylic acids is 1. The maximum absolute atomic E-state index is 10.8. The van der Waals surface area contributed by atoms with Crippen LogP contribution in [0.2, 0.25) is 0 Å². The molecule has 74 valence electrons. The van der Waals surface area contributed by atoms with Crippen LogP contribution in [0.5, 0.6) is 0 Å². The van der Waals surface area contributed by atoms with Crippen LogP contribution in [0.25, 0.3) is 0 Å². The molecule has 4 N–H and O–H groups in total. The highest BCUT2D eigenvalue weighted by molar-refractivity contribution is 5.80. The number of hydrogen-bond acceptors (Lipinski definition) is 3. The fraction of sp³-hybridized carbons (Fsp3) is 0.300. The molecule has 0 saturated heterocycles. The number of anilines is 2. The molecule has 1 aromatic rings. The van der Waals surface area contributed by atoms with Crippen molar-refractivity contribution in [2.45, 2.75) is 18.9 Å². The molecule has 1 atom stereocenters. The fourth-order valence-electron chi connectivity index (χ4n) is 1.75. The molecule has 4 heteroatoms. The minimum Gasteiger partial charge on any atom is -0.480 e. The van der Waals surface area contributed by atoms with Crippen molar-refractivity contribution in [3.63, 3.8) is 0 Å². The molecule has 1 aromatic carbocycles. The van der Waals surface area contributed by atoms with E-state index in [2.05, 4.69) is 5.32 Å². The van der Waals surface area contributed by atoms with E-state index in [0.29, 0.717) is 6.42 Å². The molecule has 0 aromatic heterocycles. The topological polar surface area (TPSA) is 75.4 Å². The summed E-state index contributed by atoms with van der Waals surface area (Å²) in [5, 5.41) is 11.8. The zero-order valence-electron chi connectivity index (χ0n) is 7.66. The third-order valence-corrected chi connectivity index (χ3v) is 2.52. The summed E-state index contributed by atoms with van der Waals surface area (Å²) >= 11 is 0. The fourth-order valence-corrected chi connectivity index (χ4v) is 1.75. The van der Waals surface area contributed by atoms with Crippen molar-refractivity contribution < 1.29 is 9.90 Å². The number of fused-ring (bicyclic) bond motifs is 1. The van der Waals surface area contributed by atoms with E-state index < -0.39 is 12.0 Å². The molecule has 0 spiro atoms. The zero-order valence-corrected chi connectivity index (χ0v) is 7.66. The number of carboxylic acid groups (broad SMARTS) is 1. The van der Waals surface area contributed by atoms with Crippen LogP contribution in [0.1, 0.15) is 12.0 Å². The van der Waals surface area contributed by atoms with E-state index in [9.17, 15) is 4.79 Å². The van der Waals surface area contributed by atoms with E-state index >= 15 is 0 Å². The molecule has 0 saturated carbocycles. The van der Waals surface area contributed by atoms with Gasteiger partial charge in [-0.25, -0.2) is 4.79 Å². The van der Waals surface area contributed by atoms with E-state index in [1.165, 1.54) is 0 Å². The van der Waals surface area contributed by atoms with Gasteiger partial charge in [-0.3, -0.25) is 0 Å². The van der Waals surface area contributed by atoms with Gasteiger partial charge in [0.05, 0.1) is 0 Å². The molecule has 1 heterocycles. The Bertz CT molecular complexity index is 376. The molecule has 0 fully saturated rings. The molecule has 4 nitrogen and oxygen atoms in total. The minimum absolute atomic E-state index is 0.482. The van der Waals surface area contributed by atoms with Gasteiger partial charge >= 0.3 is 5.97 Å². The molecule has 1 unspecified atom stereocenters. The van der Waals surface area contributed by atoms with Crippen LogP contribution in [-0.4, -0.2) is 17.1 Å². The van der Waals surface area contributed by atoms with Crippen molar-refractivity contribution in [3.8, 4) is 0 Å². The third-order valence-electron chi connectivity index (χ3n) is 2.52. The van der Waals surface area contributed by atoms with Gasteiger partial charge in [0, 0.05) is 11.4 Å². The predicted octanol–water partition coefficient (Wildman–Crippen LogP) is 1.08. The average Bonchev–Trinajstić information content (AvgIpc) is 2.17. The van der Waals surface area contributed by atoms with Gasteiger partial charge in [-0.1, -0.05) is 6.07 Å². The Kier molecular flexibility index (Phi) is 2.04. The maximum atomic E-state index is 10.8. The Morgan fingerprint density at radius 3 is 3.07 bits per heavy atom. The van der Waals surface area contributed by atoms with Crippen LogP contribution < -0.4 is 11.1 Å². The number of nitrogen functional groups attached to an aromatic ring is 1. The predicted molar refractivity (Wildman–Crippen MR) is 54.2 cm³/mol. The van der Waals surface area contributed by atoms with E-state index in [0.717, 1.165) is 23.4 Å². The summed E-state index contributed by atoms with van der Waals surface area (Å²) in [6, 6.07) is 5.04. The highest BCUT2D eigenvalue weighted by atomic mass is 16.4. The number of benzene rings is 1. The average molecular weight is 192 g/mol. The first-order chi connectivity index (χ1) is 6.68. The Balaban J connectivity index is 2.31. The lowest BCUT2D eigenvalue weighted by Crippen LogP contribution is -2.33. The van der Waals surface area contributed by atoms with Crippen LogP contribution in [0.3, 0.4) is 0 Å². The first kappa shape index (κ1) is 8.87. The van der Waals surface area contributed by atoms with Crippen molar-refractivity contribution in [3.05, 3.63) is 23.8 Å². The van der Waals surface area contributed by atoms with Crippen molar-refractivity contribution in [1.82, 2.24) is 0 Å². The molecule has 0 aliphatic carbocycles. The molecular weight excluding hydrogens is 180 g/mol. The molecule has 0 amide bonds. The van der Waals surface area contributed by atoms with E-state index in [4.69, 9.17) is 10.8 Å². The number of rotatable bonds is 1. The lowest BCUT2D eigenvalue weighted by atomic mass is 9.97. The Labute approximate surface area is 81.7 Å². The molecule has 14 heavy (non-hydrogen) atoms. The van der Waals surface area contributed by atoms with Crippen LogP contribution in [-0.2, 0) is 11.2 Å².